The molecular formula is C18H11ClFNO3S2. The first kappa shape index (κ1) is 17.3. The number of rotatable bonds is 3. The summed E-state index contributed by atoms with van der Waals surface area (Å²) in [4.78, 5) is 14.5. The predicted molar refractivity (Wildman–Crippen MR) is 103 cm³/mol. The molecule has 0 spiro atoms. The van der Waals surface area contributed by atoms with Gasteiger partial charge in [-0.15, -0.1) is 0 Å². The Bertz CT molecular complexity index is 943. The van der Waals surface area contributed by atoms with Gasteiger partial charge in [0.1, 0.15) is 10.1 Å². The number of amides is 1. The van der Waals surface area contributed by atoms with Crippen LogP contribution in [0.25, 0.3) is 6.08 Å². The average Bonchev–Trinajstić information content (AvgIpc) is 3.18. The first-order valence-corrected chi connectivity index (χ1v) is 9.21. The molecule has 1 amide bonds. The molecule has 0 saturated carbocycles. The number of carbonyl (C=O) groups is 1. The molecule has 0 bridgehead atoms. The quantitative estimate of drug-likeness (QED) is 0.548. The smallest absolute Gasteiger partial charge is 0.266 e. The van der Waals surface area contributed by atoms with Crippen LogP contribution in [-0.2, 0) is 11.3 Å². The normalized spacial score (nSPS) is 17.5. The van der Waals surface area contributed by atoms with E-state index >= 15 is 0 Å². The van der Waals surface area contributed by atoms with Gasteiger partial charge in [-0.05, 0) is 35.9 Å². The lowest BCUT2D eigenvalue weighted by molar-refractivity contribution is -0.122. The van der Waals surface area contributed by atoms with Crippen molar-refractivity contribution in [3.63, 3.8) is 0 Å². The predicted octanol–water partition coefficient (Wildman–Crippen LogP) is 4.61. The molecular weight excluding hydrogens is 397 g/mol. The summed E-state index contributed by atoms with van der Waals surface area (Å²) in [5.74, 6) is 0.547. The number of nitrogens with zero attached hydrogens (tertiary/aromatic N) is 1. The minimum Gasteiger partial charge on any atom is -0.454 e. The maximum absolute atomic E-state index is 14.0. The highest BCUT2D eigenvalue weighted by molar-refractivity contribution is 8.26. The molecule has 4 rings (SSSR count). The Labute approximate surface area is 163 Å². The molecule has 26 heavy (non-hydrogen) atoms. The molecule has 1 fully saturated rings. The van der Waals surface area contributed by atoms with Crippen molar-refractivity contribution < 1.29 is 18.7 Å². The summed E-state index contributed by atoms with van der Waals surface area (Å²) in [6.45, 7) is 0.482. The van der Waals surface area contributed by atoms with Crippen molar-refractivity contribution in [2.45, 2.75) is 6.54 Å². The third kappa shape index (κ3) is 3.18. The van der Waals surface area contributed by atoms with Crippen LogP contribution in [0.5, 0.6) is 11.5 Å². The highest BCUT2D eigenvalue weighted by Crippen LogP contribution is 2.37. The van der Waals surface area contributed by atoms with Crippen molar-refractivity contribution in [1.82, 2.24) is 4.90 Å². The SMILES string of the molecule is O=C1/C(=C\c2c(F)cccc2Cl)SC(=S)N1Cc1ccc2c(c1)OCO2. The molecule has 2 aromatic rings. The number of fused-ring (bicyclic) bond motifs is 1. The highest BCUT2D eigenvalue weighted by atomic mass is 35.5. The summed E-state index contributed by atoms with van der Waals surface area (Å²) in [6, 6.07) is 9.85. The number of halogens is 2. The molecule has 0 aromatic heterocycles. The summed E-state index contributed by atoms with van der Waals surface area (Å²) in [6.07, 6.45) is 1.44. The number of thiocarbonyl (C=S) groups is 1. The van der Waals surface area contributed by atoms with Gasteiger partial charge in [0.15, 0.2) is 11.5 Å². The first-order chi connectivity index (χ1) is 12.5. The van der Waals surface area contributed by atoms with Crippen LogP contribution in [0, 0.1) is 5.82 Å². The Morgan fingerprint density at radius 3 is 2.88 bits per heavy atom. The molecule has 2 aromatic carbocycles. The molecule has 0 aliphatic carbocycles. The van der Waals surface area contributed by atoms with Crippen LogP contribution in [0.1, 0.15) is 11.1 Å². The summed E-state index contributed by atoms with van der Waals surface area (Å²) in [7, 11) is 0. The fourth-order valence-electron chi connectivity index (χ4n) is 2.64. The van der Waals surface area contributed by atoms with Crippen LogP contribution in [0.15, 0.2) is 41.3 Å². The Balaban J connectivity index is 1.59. The first-order valence-electron chi connectivity index (χ1n) is 7.61. The Kier molecular flexibility index (Phi) is 4.60. The van der Waals surface area contributed by atoms with Gasteiger partial charge in [-0.1, -0.05) is 47.7 Å². The topological polar surface area (TPSA) is 38.8 Å². The average molecular weight is 408 g/mol. The molecule has 4 nitrogen and oxygen atoms in total. The van der Waals surface area contributed by atoms with Crippen LogP contribution in [-0.4, -0.2) is 21.9 Å². The van der Waals surface area contributed by atoms with Crippen LogP contribution >= 0.6 is 35.6 Å². The van der Waals surface area contributed by atoms with E-state index in [2.05, 4.69) is 0 Å². The maximum Gasteiger partial charge on any atom is 0.266 e. The lowest BCUT2D eigenvalue weighted by Crippen LogP contribution is -2.27. The van der Waals surface area contributed by atoms with Crippen LogP contribution < -0.4 is 9.47 Å². The van der Waals surface area contributed by atoms with Crippen molar-refractivity contribution >= 4 is 51.9 Å². The third-order valence-corrected chi connectivity index (χ3v) is 5.63. The van der Waals surface area contributed by atoms with Crippen LogP contribution in [0.2, 0.25) is 5.02 Å². The molecule has 132 valence electrons. The van der Waals surface area contributed by atoms with Gasteiger partial charge >= 0.3 is 0 Å². The van der Waals surface area contributed by atoms with Gasteiger partial charge in [-0.25, -0.2) is 4.39 Å². The minimum atomic E-state index is -0.487. The van der Waals surface area contributed by atoms with Gasteiger partial charge in [0, 0.05) is 5.56 Å². The zero-order chi connectivity index (χ0) is 18.3. The summed E-state index contributed by atoms with van der Waals surface area (Å²) >= 11 is 12.5. The van der Waals surface area contributed by atoms with E-state index in [9.17, 15) is 9.18 Å². The molecule has 0 atom stereocenters. The van der Waals surface area contributed by atoms with Gasteiger partial charge in [-0.2, -0.15) is 0 Å². The Morgan fingerprint density at radius 1 is 1.27 bits per heavy atom. The summed E-state index contributed by atoms with van der Waals surface area (Å²) in [5.41, 5.74) is 1.04. The fraction of sp³-hybridized carbons (Fsp3) is 0.111. The largest absolute Gasteiger partial charge is 0.454 e. The van der Waals surface area contributed by atoms with Crippen molar-refractivity contribution in [2.24, 2.45) is 0 Å². The Morgan fingerprint density at radius 2 is 2.08 bits per heavy atom. The molecule has 0 unspecified atom stereocenters. The van der Waals surface area contributed by atoms with Crippen LogP contribution in [0.3, 0.4) is 0 Å². The number of thioether (sulfide) groups is 1. The molecule has 2 aliphatic heterocycles. The van der Waals surface area contributed by atoms with Gasteiger partial charge < -0.3 is 9.47 Å². The molecule has 1 saturated heterocycles. The van der Waals surface area contributed by atoms with Gasteiger partial charge in [0.05, 0.1) is 16.5 Å². The third-order valence-electron chi connectivity index (χ3n) is 3.93. The standard InChI is InChI=1S/C18H11ClFNO3S2/c19-12-2-1-3-13(20)11(12)7-16-17(22)21(18(25)26-16)8-10-4-5-14-15(6-10)24-9-23-14/h1-7H,8-9H2/b16-7+. The summed E-state index contributed by atoms with van der Waals surface area (Å²) < 4.78 is 25.0. The molecule has 8 heteroatoms. The number of hydrogen-bond donors (Lipinski definition) is 0. The van der Waals surface area contributed by atoms with Crippen LogP contribution in [0.4, 0.5) is 4.39 Å². The molecule has 0 radical (unpaired) electrons. The zero-order valence-corrected chi connectivity index (χ0v) is 15.6. The highest BCUT2D eigenvalue weighted by Gasteiger charge is 2.32. The molecule has 2 aliphatic rings. The lowest BCUT2D eigenvalue weighted by atomic mass is 10.1. The van der Waals surface area contributed by atoms with Gasteiger partial charge in [0.2, 0.25) is 6.79 Å². The van der Waals surface area contributed by atoms with Gasteiger partial charge in [-0.3, -0.25) is 9.69 Å². The van der Waals surface area contributed by atoms with E-state index in [0.717, 1.165) is 17.3 Å². The zero-order valence-electron chi connectivity index (χ0n) is 13.2. The second-order valence-corrected chi connectivity index (χ2v) is 7.67. The van der Waals surface area contributed by atoms with Crippen molar-refractivity contribution in [2.75, 3.05) is 6.79 Å². The number of carbonyl (C=O) groups excluding carboxylic acids is 1. The van der Waals surface area contributed by atoms with Crippen molar-refractivity contribution in [1.29, 1.82) is 0 Å². The van der Waals surface area contributed by atoms with Gasteiger partial charge in [0.25, 0.3) is 5.91 Å². The second-order valence-electron chi connectivity index (χ2n) is 5.59. The maximum atomic E-state index is 14.0. The minimum absolute atomic E-state index is 0.178. The fourth-order valence-corrected chi connectivity index (χ4v) is 4.09. The molecule has 2 heterocycles. The van der Waals surface area contributed by atoms with Crippen molar-refractivity contribution in [3.05, 3.63) is 63.3 Å². The van der Waals surface area contributed by atoms with Crippen molar-refractivity contribution in [3.8, 4) is 11.5 Å². The second kappa shape index (κ2) is 6.90. The summed E-state index contributed by atoms with van der Waals surface area (Å²) in [5, 5.41) is 0.242. The number of hydrogen-bond acceptors (Lipinski definition) is 5. The van der Waals surface area contributed by atoms with E-state index in [-0.39, 0.29) is 23.3 Å². The lowest BCUT2D eigenvalue weighted by Gasteiger charge is -2.14. The van der Waals surface area contributed by atoms with E-state index in [1.807, 2.05) is 12.1 Å². The Hall–Kier alpha value is -2.09. The van der Waals surface area contributed by atoms with E-state index in [1.165, 1.54) is 23.1 Å². The van der Waals surface area contributed by atoms with E-state index < -0.39 is 5.82 Å². The monoisotopic (exact) mass is 407 g/mol. The number of ether oxygens (including phenoxy) is 2. The van der Waals surface area contributed by atoms with E-state index in [4.69, 9.17) is 33.3 Å². The number of benzene rings is 2. The molecule has 0 N–H and O–H groups in total. The van der Waals surface area contributed by atoms with E-state index in [0.29, 0.717) is 27.3 Å². The van der Waals surface area contributed by atoms with E-state index in [1.54, 1.807) is 12.1 Å².